The van der Waals surface area contributed by atoms with E-state index in [9.17, 15) is 4.79 Å². The number of amides is 1. The fourth-order valence-electron chi connectivity index (χ4n) is 3.52. The lowest BCUT2D eigenvalue weighted by atomic mass is 9.87. The van der Waals surface area contributed by atoms with Crippen LogP contribution >= 0.6 is 0 Å². The van der Waals surface area contributed by atoms with E-state index in [4.69, 9.17) is 5.73 Å². The lowest BCUT2D eigenvalue weighted by molar-refractivity contribution is -0.125. The largest absolute Gasteiger partial charge is 0.348 e. The molecule has 1 aromatic carbocycles. The number of benzene rings is 1. The van der Waals surface area contributed by atoms with Crippen molar-refractivity contribution in [2.45, 2.75) is 43.8 Å². The Morgan fingerprint density at radius 2 is 2.20 bits per heavy atom. The zero-order valence-corrected chi connectivity index (χ0v) is 12.0. The molecule has 1 aliphatic carbocycles. The molecule has 0 radical (unpaired) electrons. The summed E-state index contributed by atoms with van der Waals surface area (Å²) in [6.07, 6.45) is 4.06. The topological polar surface area (TPSA) is 58.4 Å². The molecule has 4 heteroatoms. The van der Waals surface area contributed by atoms with Crippen LogP contribution in [-0.4, -0.2) is 36.5 Å². The van der Waals surface area contributed by atoms with Gasteiger partial charge in [-0.15, -0.1) is 0 Å². The number of carbonyl (C=O) groups excluding carboxylic acids is 1. The number of nitrogens with one attached hydrogen (secondary N) is 1. The fourth-order valence-corrected chi connectivity index (χ4v) is 3.52. The molecule has 1 aliphatic heterocycles. The number of hydrogen-bond donors (Lipinski definition) is 2. The van der Waals surface area contributed by atoms with Gasteiger partial charge in [0.05, 0.1) is 12.1 Å². The third-order valence-electron chi connectivity index (χ3n) is 4.57. The molecule has 108 valence electrons. The number of rotatable bonds is 2. The van der Waals surface area contributed by atoms with Crippen LogP contribution in [0, 0.1) is 0 Å². The first-order chi connectivity index (χ1) is 9.65. The molecule has 3 rings (SSSR count). The van der Waals surface area contributed by atoms with Gasteiger partial charge in [0.15, 0.2) is 0 Å². The van der Waals surface area contributed by atoms with Crippen molar-refractivity contribution in [1.29, 1.82) is 0 Å². The predicted molar refractivity (Wildman–Crippen MR) is 79.3 cm³/mol. The van der Waals surface area contributed by atoms with Crippen molar-refractivity contribution in [2.75, 3.05) is 13.6 Å². The molecule has 20 heavy (non-hydrogen) atoms. The molecule has 1 aromatic rings. The van der Waals surface area contributed by atoms with E-state index in [1.165, 1.54) is 11.1 Å². The van der Waals surface area contributed by atoms with Crippen molar-refractivity contribution >= 4 is 5.91 Å². The average Bonchev–Trinajstić information content (AvgIpc) is 2.78. The first kappa shape index (κ1) is 13.6. The molecule has 0 spiro atoms. The molecule has 0 bridgehead atoms. The van der Waals surface area contributed by atoms with Gasteiger partial charge in [-0.2, -0.15) is 0 Å². The smallest absolute Gasteiger partial charge is 0.237 e. The Morgan fingerprint density at radius 3 is 2.95 bits per heavy atom. The van der Waals surface area contributed by atoms with Gasteiger partial charge in [-0.05, 0) is 43.9 Å². The van der Waals surface area contributed by atoms with E-state index in [0.717, 1.165) is 32.2 Å². The number of nitrogens with two attached hydrogens (primary N) is 1. The summed E-state index contributed by atoms with van der Waals surface area (Å²) in [7, 11) is 1.98. The van der Waals surface area contributed by atoms with Crippen LogP contribution in [-0.2, 0) is 11.2 Å². The maximum Gasteiger partial charge on any atom is 0.237 e. The van der Waals surface area contributed by atoms with Gasteiger partial charge in [0.25, 0.3) is 0 Å². The maximum atomic E-state index is 12.5. The number of aryl methyl sites for hydroxylation is 1. The molecule has 1 amide bonds. The number of hydrogen-bond acceptors (Lipinski definition) is 3. The Balaban J connectivity index is 1.71. The van der Waals surface area contributed by atoms with Crippen LogP contribution in [0.2, 0.25) is 0 Å². The molecule has 0 aromatic heterocycles. The molecule has 0 saturated carbocycles. The molecule has 2 aliphatic rings. The molecule has 3 unspecified atom stereocenters. The van der Waals surface area contributed by atoms with E-state index < -0.39 is 0 Å². The summed E-state index contributed by atoms with van der Waals surface area (Å²) in [6, 6.07) is 8.66. The summed E-state index contributed by atoms with van der Waals surface area (Å²) in [5.41, 5.74) is 8.61. The Labute approximate surface area is 120 Å². The highest BCUT2D eigenvalue weighted by atomic mass is 16.2. The highest BCUT2D eigenvalue weighted by Crippen LogP contribution is 2.29. The normalized spacial score (nSPS) is 30.0. The maximum absolute atomic E-state index is 12.5. The summed E-state index contributed by atoms with van der Waals surface area (Å²) in [5.74, 6) is 0.127. The van der Waals surface area contributed by atoms with Gasteiger partial charge in [-0.25, -0.2) is 0 Å². The monoisotopic (exact) mass is 273 g/mol. The van der Waals surface area contributed by atoms with Crippen molar-refractivity contribution in [3.8, 4) is 0 Å². The lowest BCUT2D eigenvalue weighted by Crippen LogP contribution is -2.43. The van der Waals surface area contributed by atoms with Crippen molar-refractivity contribution < 1.29 is 4.79 Å². The van der Waals surface area contributed by atoms with E-state index in [-0.39, 0.29) is 24.0 Å². The first-order valence-corrected chi connectivity index (χ1v) is 7.49. The molecule has 1 heterocycles. The van der Waals surface area contributed by atoms with Gasteiger partial charge in [0, 0.05) is 12.6 Å². The third kappa shape index (κ3) is 2.58. The van der Waals surface area contributed by atoms with Crippen molar-refractivity contribution in [3.05, 3.63) is 35.4 Å². The number of nitrogens with zero attached hydrogens (tertiary/aromatic N) is 1. The molecule has 1 fully saturated rings. The van der Waals surface area contributed by atoms with Crippen LogP contribution in [0.5, 0.6) is 0 Å². The number of fused-ring (bicyclic) bond motifs is 1. The average molecular weight is 273 g/mol. The Bertz CT molecular complexity index is 502. The second-order valence-corrected chi connectivity index (χ2v) is 6.10. The summed E-state index contributed by atoms with van der Waals surface area (Å²) in [4.78, 5) is 14.5. The highest BCUT2D eigenvalue weighted by molar-refractivity contribution is 5.82. The highest BCUT2D eigenvalue weighted by Gasteiger charge is 2.34. The van der Waals surface area contributed by atoms with Crippen molar-refractivity contribution in [1.82, 2.24) is 10.2 Å². The van der Waals surface area contributed by atoms with Gasteiger partial charge in [0.2, 0.25) is 5.91 Å². The van der Waals surface area contributed by atoms with Gasteiger partial charge in [0.1, 0.15) is 0 Å². The summed E-state index contributed by atoms with van der Waals surface area (Å²) < 4.78 is 0. The zero-order chi connectivity index (χ0) is 14.1. The summed E-state index contributed by atoms with van der Waals surface area (Å²) >= 11 is 0. The molecular formula is C16H23N3O. The number of likely N-dealkylation sites (tertiary alicyclic amines) is 1. The third-order valence-corrected chi connectivity index (χ3v) is 4.57. The van der Waals surface area contributed by atoms with E-state index in [1.807, 2.05) is 7.05 Å². The summed E-state index contributed by atoms with van der Waals surface area (Å²) in [6.45, 7) is 0.805. The van der Waals surface area contributed by atoms with Gasteiger partial charge in [-0.1, -0.05) is 24.3 Å². The van der Waals surface area contributed by atoms with Crippen molar-refractivity contribution in [3.63, 3.8) is 0 Å². The van der Waals surface area contributed by atoms with Crippen molar-refractivity contribution in [2.24, 2.45) is 5.73 Å². The molecular weight excluding hydrogens is 250 g/mol. The van der Waals surface area contributed by atoms with Crippen LogP contribution in [0.1, 0.15) is 36.4 Å². The first-order valence-electron chi connectivity index (χ1n) is 7.49. The van der Waals surface area contributed by atoms with E-state index in [0.29, 0.717) is 0 Å². The SMILES string of the molecule is CN1CC(N)CC1C(=O)NC1CCCc2ccccc21. The minimum atomic E-state index is -0.0703. The second kappa shape index (κ2) is 5.54. The van der Waals surface area contributed by atoms with E-state index in [2.05, 4.69) is 34.5 Å². The van der Waals surface area contributed by atoms with Crippen LogP contribution < -0.4 is 11.1 Å². The minimum absolute atomic E-state index is 0.0703. The number of carbonyl (C=O) groups is 1. The predicted octanol–water partition coefficient (Wildman–Crippen LogP) is 1.21. The van der Waals surface area contributed by atoms with E-state index in [1.54, 1.807) is 0 Å². The van der Waals surface area contributed by atoms with Gasteiger partial charge in [-0.3, -0.25) is 9.69 Å². The van der Waals surface area contributed by atoms with Crippen LogP contribution in [0.15, 0.2) is 24.3 Å². The van der Waals surface area contributed by atoms with Crippen LogP contribution in [0.3, 0.4) is 0 Å². The second-order valence-electron chi connectivity index (χ2n) is 6.10. The number of likely N-dealkylation sites (N-methyl/N-ethyl adjacent to an activating group) is 1. The van der Waals surface area contributed by atoms with Gasteiger partial charge >= 0.3 is 0 Å². The van der Waals surface area contributed by atoms with Crippen LogP contribution in [0.25, 0.3) is 0 Å². The quantitative estimate of drug-likeness (QED) is 0.851. The Kier molecular flexibility index (Phi) is 3.76. The molecule has 4 nitrogen and oxygen atoms in total. The summed E-state index contributed by atoms with van der Waals surface area (Å²) in [5, 5.41) is 3.23. The van der Waals surface area contributed by atoms with Gasteiger partial charge < -0.3 is 11.1 Å². The lowest BCUT2D eigenvalue weighted by Gasteiger charge is -2.28. The Hall–Kier alpha value is -1.39. The fraction of sp³-hybridized carbons (Fsp3) is 0.562. The standard InChI is InChI=1S/C16H23N3O/c1-19-10-12(17)9-15(19)16(20)18-14-8-4-6-11-5-2-3-7-13(11)14/h2-3,5,7,12,14-15H,4,6,8-10,17H2,1H3,(H,18,20). The minimum Gasteiger partial charge on any atom is -0.348 e. The molecule has 1 saturated heterocycles. The molecule has 3 atom stereocenters. The van der Waals surface area contributed by atoms with E-state index >= 15 is 0 Å². The molecule has 3 N–H and O–H groups in total. The Morgan fingerprint density at radius 1 is 1.40 bits per heavy atom. The zero-order valence-electron chi connectivity index (χ0n) is 12.0. The van der Waals surface area contributed by atoms with Crippen LogP contribution in [0.4, 0.5) is 0 Å².